The van der Waals surface area contributed by atoms with E-state index in [9.17, 15) is 21.6 Å². The number of hydrogen-bond donors (Lipinski definition) is 1. The zero-order valence-electron chi connectivity index (χ0n) is 13.1. The highest BCUT2D eigenvalue weighted by atomic mass is 32.2. The van der Waals surface area contributed by atoms with E-state index < -0.39 is 21.8 Å². The molecule has 0 aliphatic rings. The molecule has 0 bridgehead atoms. The molecule has 0 aliphatic heterocycles. The molecule has 0 saturated carbocycles. The van der Waals surface area contributed by atoms with Gasteiger partial charge in [-0.15, -0.1) is 0 Å². The van der Waals surface area contributed by atoms with Gasteiger partial charge in [0.15, 0.2) is 0 Å². The van der Waals surface area contributed by atoms with Crippen LogP contribution in [0.25, 0.3) is 0 Å². The van der Waals surface area contributed by atoms with Crippen molar-refractivity contribution in [2.24, 2.45) is 0 Å². The molecule has 0 amide bonds. The fraction of sp³-hybridized carbons (Fsp3) is 0.176. The maximum absolute atomic E-state index is 12.5. The van der Waals surface area contributed by atoms with Crippen molar-refractivity contribution in [2.45, 2.75) is 11.1 Å². The molecule has 0 saturated heterocycles. The second-order valence-corrected chi connectivity index (χ2v) is 6.64. The first-order valence-corrected chi connectivity index (χ1v) is 8.50. The van der Waals surface area contributed by atoms with Crippen molar-refractivity contribution in [3.63, 3.8) is 0 Å². The molecule has 25 heavy (non-hydrogen) atoms. The van der Waals surface area contributed by atoms with Gasteiger partial charge in [0.2, 0.25) is 10.0 Å². The molecule has 132 valence electrons. The molecular formula is C17H14F3NO3S. The van der Waals surface area contributed by atoms with Crippen LogP contribution in [-0.4, -0.2) is 22.1 Å². The summed E-state index contributed by atoms with van der Waals surface area (Å²) in [5, 5.41) is 0. The van der Waals surface area contributed by atoms with Crippen molar-refractivity contribution in [1.82, 2.24) is 4.72 Å². The van der Waals surface area contributed by atoms with Crippen molar-refractivity contribution >= 4 is 10.0 Å². The smallest absolute Gasteiger partial charge is 0.416 e. The highest BCUT2D eigenvalue weighted by Crippen LogP contribution is 2.29. The van der Waals surface area contributed by atoms with Gasteiger partial charge in [-0.3, -0.25) is 0 Å². The van der Waals surface area contributed by atoms with E-state index in [2.05, 4.69) is 16.6 Å². The standard InChI is InChI=1S/C17H14F3NO3S/c1-24-15-8-4-13(5-9-15)3-2-12-21-25(22,23)16-10-6-14(7-11-16)17(18,19)20/h4-11,21H,12H2,1H3. The van der Waals surface area contributed by atoms with Crippen LogP contribution in [0.3, 0.4) is 0 Å². The quantitative estimate of drug-likeness (QED) is 0.843. The zero-order valence-corrected chi connectivity index (χ0v) is 13.9. The van der Waals surface area contributed by atoms with Crippen LogP contribution in [0.15, 0.2) is 53.4 Å². The summed E-state index contributed by atoms with van der Waals surface area (Å²) >= 11 is 0. The molecular weight excluding hydrogens is 355 g/mol. The maximum atomic E-state index is 12.5. The molecule has 0 unspecified atom stereocenters. The third-order valence-electron chi connectivity index (χ3n) is 3.17. The maximum Gasteiger partial charge on any atom is 0.416 e. The lowest BCUT2D eigenvalue weighted by molar-refractivity contribution is -0.137. The van der Waals surface area contributed by atoms with Crippen molar-refractivity contribution in [3.8, 4) is 17.6 Å². The molecule has 0 heterocycles. The number of hydrogen-bond acceptors (Lipinski definition) is 3. The van der Waals surface area contributed by atoms with Gasteiger partial charge in [0.05, 0.1) is 24.1 Å². The lowest BCUT2D eigenvalue weighted by Crippen LogP contribution is -2.24. The average molecular weight is 369 g/mol. The third kappa shape index (κ3) is 5.24. The minimum atomic E-state index is -4.51. The van der Waals surface area contributed by atoms with Crippen LogP contribution in [0, 0.1) is 11.8 Å². The zero-order chi connectivity index (χ0) is 18.5. The van der Waals surface area contributed by atoms with Gasteiger partial charge in [0.1, 0.15) is 5.75 Å². The normalized spacial score (nSPS) is 11.5. The molecule has 2 rings (SSSR count). The number of nitrogens with one attached hydrogen (secondary N) is 1. The molecule has 2 aromatic rings. The number of benzene rings is 2. The molecule has 0 spiro atoms. The van der Waals surface area contributed by atoms with Crippen LogP contribution in [0.2, 0.25) is 0 Å². The molecule has 0 fully saturated rings. The Balaban J connectivity index is 2.01. The summed E-state index contributed by atoms with van der Waals surface area (Å²) in [4.78, 5) is -0.258. The van der Waals surface area contributed by atoms with Gasteiger partial charge in [-0.05, 0) is 48.5 Å². The summed E-state index contributed by atoms with van der Waals surface area (Å²) in [6, 6.07) is 10.1. The SMILES string of the molecule is COc1ccc(C#CCNS(=O)(=O)c2ccc(C(F)(F)F)cc2)cc1. The predicted molar refractivity (Wildman–Crippen MR) is 86.5 cm³/mol. The topological polar surface area (TPSA) is 55.4 Å². The molecule has 2 aromatic carbocycles. The van der Waals surface area contributed by atoms with Gasteiger partial charge in [0.25, 0.3) is 0 Å². The molecule has 0 atom stereocenters. The Hall–Kier alpha value is -2.50. The largest absolute Gasteiger partial charge is 0.497 e. The number of ether oxygens (including phenoxy) is 1. The van der Waals surface area contributed by atoms with Gasteiger partial charge in [-0.25, -0.2) is 8.42 Å². The van der Waals surface area contributed by atoms with Crippen LogP contribution in [0.5, 0.6) is 5.75 Å². The molecule has 0 aromatic heterocycles. The van der Waals surface area contributed by atoms with Crippen molar-refractivity contribution in [2.75, 3.05) is 13.7 Å². The van der Waals surface area contributed by atoms with Crippen molar-refractivity contribution in [3.05, 3.63) is 59.7 Å². The van der Waals surface area contributed by atoms with Gasteiger partial charge >= 0.3 is 6.18 Å². The summed E-state index contributed by atoms with van der Waals surface area (Å²) in [5.41, 5.74) is -0.236. The monoisotopic (exact) mass is 369 g/mol. The van der Waals surface area contributed by atoms with Gasteiger partial charge in [0, 0.05) is 5.56 Å². The van der Waals surface area contributed by atoms with E-state index in [1.807, 2.05) is 0 Å². The second-order valence-electron chi connectivity index (χ2n) is 4.88. The Kier molecular flexibility index (Phi) is 5.72. The second kappa shape index (κ2) is 7.59. The molecule has 0 aliphatic carbocycles. The van der Waals surface area contributed by atoms with Gasteiger partial charge < -0.3 is 4.74 Å². The fourth-order valence-corrected chi connectivity index (χ4v) is 2.78. The number of sulfonamides is 1. The first kappa shape index (κ1) is 18.8. The number of alkyl halides is 3. The van der Waals surface area contributed by atoms with E-state index in [-0.39, 0.29) is 11.4 Å². The van der Waals surface area contributed by atoms with E-state index in [1.165, 1.54) is 7.11 Å². The molecule has 4 nitrogen and oxygen atoms in total. The van der Waals surface area contributed by atoms with Crippen LogP contribution < -0.4 is 9.46 Å². The Morgan fingerprint density at radius 1 is 1.04 bits per heavy atom. The minimum absolute atomic E-state index is 0.171. The van der Waals surface area contributed by atoms with Crippen LogP contribution >= 0.6 is 0 Å². The first-order valence-electron chi connectivity index (χ1n) is 7.02. The fourth-order valence-electron chi connectivity index (χ4n) is 1.86. The van der Waals surface area contributed by atoms with Crippen LogP contribution in [-0.2, 0) is 16.2 Å². The highest BCUT2D eigenvalue weighted by Gasteiger charge is 2.30. The minimum Gasteiger partial charge on any atom is -0.497 e. The van der Waals surface area contributed by atoms with E-state index in [4.69, 9.17) is 4.74 Å². The lowest BCUT2D eigenvalue weighted by atomic mass is 10.2. The number of methoxy groups -OCH3 is 1. The van der Waals surface area contributed by atoms with Crippen LogP contribution in [0.4, 0.5) is 13.2 Å². The van der Waals surface area contributed by atoms with Crippen LogP contribution in [0.1, 0.15) is 11.1 Å². The Labute approximate surface area is 143 Å². The summed E-state index contributed by atoms with van der Waals surface area (Å²) in [6.45, 7) is -0.171. The Morgan fingerprint density at radius 3 is 2.16 bits per heavy atom. The number of halogens is 3. The summed E-state index contributed by atoms with van der Waals surface area (Å²) in [6.07, 6.45) is -4.51. The van der Waals surface area contributed by atoms with E-state index in [0.29, 0.717) is 11.3 Å². The summed E-state index contributed by atoms with van der Waals surface area (Å²) < 4.78 is 68.7. The molecule has 8 heteroatoms. The van der Waals surface area contributed by atoms with Gasteiger partial charge in [-0.1, -0.05) is 11.8 Å². The summed E-state index contributed by atoms with van der Waals surface area (Å²) in [7, 11) is -2.39. The van der Waals surface area contributed by atoms with E-state index in [1.54, 1.807) is 24.3 Å². The van der Waals surface area contributed by atoms with E-state index >= 15 is 0 Å². The van der Waals surface area contributed by atoms with Crippen molar-refractivity contribution < 1.29 is 26.3 Å². The predicted octanol–water partition coefficient (Wildman–Crippen LogP) is 3.04. The Morgan fingerprint density at radius 2 is 1.64 bits per heavy atom. The van der Waals surface area contributed by atoms with Gasteiger partial charge in [-0.2, -0.15) is 17.9 Å². The lowest BCUT2D eigenvalue weighted by Gasteiger charge is -2.08. The molecule has 0 radical (unpaired) electrons. The number of rotatable bonds is 4. The van der Waals surface area contributed by atoms with E-state index in [0.717, 1.165) is 24.3 Å². The van der Waals surface area contributed by atoms with Crippen molar-refractivity contribution in [1.29, 1.82) is 0 Å². The highest BCUT2D eigenvalue weighted by molar-refractivity contribution is 7.89. The molecule has 1 N–H and O–H groups in total. The first-order chi connectivity index (χ1) is 11.7. The summed E-state index contributed by atoms with van der Waals surface area (Å²) in [5.74, 6) is 6.08. The average Bonchev–Trinajstić information content (AvgIpc) is 2.58. The third-order valence-corrected chi connectivity index (χ3v) is 4.58. The Bertz CT molecular complexity index is 878.